The van der Waals surface area contributed by atoms with Crippen LogP contribution >= 0.6 is 0 Å². The van der Waals surface area contributed by atoms with E-state index < -0.39 is 11.7 Å². The number of benzene rings is 1. The van der Waals surface area contributed by atoms with E-state index in [1.807, 2.05) is 0 Å². The molecule has 7 heteroatoms. The van der Waals surface area contributed by atoms with Gasteiger partial charge >= 0.3 is 6.18 Å². The van der Waals surface area contributed by atoms with E-state index in [0.29, 0.717) is 0 Å². The van der Waals surface area contributed by atoms with Gasteiger partial charge in [-0.3, -0.25) is 0 Å². The van der Waals surface area contributed by atoms with Crippen LogP contribution in [0, 0.1) is 0 Å². The molecule has 1 N–H and O–H groups in total. The summed E-state index contributed by atoms with van der Waals surface area (Å²) in [6.07, 6.45) is -3.05. The summed E-state index contributed by atoms with van der Waals surface area (Å²) in [7, 11) is 0. The van der Waals surface area contributed by atoms with Crippen molar-refractivity contribution < 1.29 is 18.4 Å². The van der Waals surface area contributed by atoms with Gasteiger partial charge in [0.2, 0.25) is 0 Å². The number of hydrogen-bond acceptors (Lipinski definition) is 4. The van der Waals surface area contributed by atoms with Gasteiger partial charge in [-0.15, -0.1) is 5.10 Å². The van der Waals surface area contributed by atoms with Crippen molar-refractivity contribution in [2.75, 3.05) is 0 Å². The highest BCUT2D eigenvalue weighted by Crippen LogP contribution is 2.29. The molecular weight excluding hydrogens is 259 g/mol. The third-order valence-electron chi connectivity index (χ3n) is 2.38. The molecule has 4 nitrogen and oxygen atoms in total. The summed E-state index contributed by atoms with van der Waals surface area (Å²) in [6.45, 7) is 0. The zero-order valence-corrected chi connectivity index (χ0v) is 9.46. The smallest absolute Gasteiger partial charge is 0.410 e. The van der Waals surface area contributed by atoms with Gasteiger partial charge in [0, 0.05) is 11.8 Å². The average molecular weight is 267 g/mol. The van der Waals surface area contributed by atoms with Gasteiger partial charge in [0.25, 0.3) is 0 Å². The fourth-order valence-electron chi connectivity index (χ4n) is 1.53. The Morgan fingerprint density at radius 2 is 1.95 bits per heavy atom. The Kier molecular flexibility index (Phi) is 3.46. The largest absolute Gasteiger partial charge is 0.416 e. The summed E-state index contributed by atoms with van der Waals surface area (Å²) in [4.78, 5) is 0. The lowest BCUT2D eigenvalue weighted by molar-refractivity contribution is -0.137. The Morgan fingerprint density at radius 1 is 1.16 bits per heavy atom. The topological polar surface area (TPSA) is 58.4 Å². The lowest BCUT2D eigenvalue weighted by Gasteiger charge is -2.09. The number of alkyl halides is 3. The van der Waals surface area contributed by atoms with Crippen molar-refractivity contribution in [1.29, 1.82) is 0 Å². The quantitative estimate of drug-likeness (QED) is 0.517. The zero-order chi connectivity index (χ0) is 13.9. The van der Waals surface area contributed by atoms with Crippen molar-refractivity contribution in [3.05, 3.63) is 59.4 Å². The van der Waals surface area contributed by atoms with E-state index >= 15 is 0 Å². The first-order valence-corrected chi connectivity index (χ1v) is 5.20. The lowest BCUT2D eigenvalue weighted by Crippen LogP contribution is -2.10. The van der Waals surface area contributed by atoms with Gasteiger partial charge in [-0.25, -0.2) is 0 Å². The Bertz CT molecular complexity index is 597. The standard InChI is InChI=1S/C12H8F3N3O/c13-12(14,15)9-4-1-3-8(7-9)11(18-19)10-5-2-6-16-17-10/h1-7,19H/b18-11+. The minimum Gasteiger partial charge on any atom is -0.410 e. The molecule has 2 rings (SSSR count). The second-order valence-electron chi connectivity index (χ2n) is 3.64. The molecule has 0 saturated carbocycles. The molecular formula is C12H8F3N3O. The SMILES string of the molecule is O/N=C(\c1cccc(C(F)(F)F)c1)c1cccnn1. The Balaban J connectivity index is 2.47. The van der Waals surface area contributed by atoms with Crippen molar-refractivity contribution >= 4 is 5.71 Å². The van der Waals surface area contributed by atoms with Gasteiger partial charge in [-0.1, -0.05) is 17.3 Å². The van der Waals surface area contributed by atoms with Gasteiger partial charge in [0.05, 0.1) is 5.56 Å². The minimum atomic E-state index is -4.46. The van der Waals surface area contributed by atoms with Crippen molar-refractivity contribution in [2.24, 2.45) is 5.16 Å². The molecule has 0 bridgehead atoms. The maximum atomic E-state index is 12.6. The molecule has 1 heterocycles. The number of oxime groups is 1. The molecule has 0 atom stereocenters. The van der Waals surface area contributed by atoms with Gasteiger partial charge in [-0.05, 0) is 24.3 Å². The highest BCUT2D eigenvalue weighted by Gasteiger charge is 2.30. The van der Waals surface area contributed by atoms with Crippen LogP contribution in [0.5, 0.6) is 0 Å². The highest BCUT2D eigenvalue weighted by atomic mass is 19.4. The molecule has 0 fully saturated rings. The number of hydrogen-bond donors (Lipinski definition) is 1. The van der Waals surface area contributed by atoms with Gasteiger partial charge in [0.1, 0.15) is 11.4 Å². The van der Waals surface area contributed by atoms with E-state index in [9.17, 15) is 13.2 Å². The molecule has 0 aliphatic carbocycles. The molecule has 0 aliphatic heterocycles. The summed E-state index contributed by atoms with van der Waals surface area (Å²) in [5.74, 6) is 0. The average Bonchev–Trinajstić information content (AvgIpc) is 2.40. The normalized spacial score (nSPS) is 12.5. The molecule has 0 saturated heterocycles. The van der Waals surface area contributed by atoms with Crippen LogP contribution in [0.3, 0.4) is 0 Å². The van der Waals surface area contributed by atoms with E-state index in [0.717, 1.165) is 12.1 Å². The summed E-state index contributed by atoms with van der Waals surface area (Å²) in [5.41, 5.74) is -0.601. The Morgan fingerprint density at radius 3 is 2.53 bits per heavy atom. The first-order valence-electron chi connectivity index (χ1n) is 5.20. The summed E-state index contributed by atoms with van der Waals surface area (Å²) < 4.78 is 37.8. The molecule has 19 heavy (non-hydrogen) atoms. The maximum Gasteiger partial charge on any atom is 0.416 e. The molecule has 0 aliphatic rings. The summed E-state index contributed by atoms with van der Waals surface area (Å²) in [5, 5.41) is 19.2. The molecule has 0 radical (unpaired) electrons. The van der Waals surface area contributed by atoms with Gasteiger partial charge in [0.15, 0.2) is 0 Å². The molecule has 0 spiro atoms. The first kappa shape index (κ1) is 13.0. The van der Waals surface area contributed by atoms with Crippen LogP contribution in [0.4, 0.5) is 13.2 Å². The summed E-state index contributed by atoms with van der Waals surface area (Å²) >= 11 is 0. The second-order valence-corrected chi connectivity index (χ2v) is 3.64. The predicted octanol–water partition coefficient (Wildman–Crippen LogP) is 2.72. The number of rotatable bonds is 2. The summed E-state index contributed by atoms with van der Waals surface area (Å²) in [6, 6.07) is 7.50. The van der Waals surface area contributed by atoms with Crippen LogP contribution in [-0.4, -0.2) is 21.1 Å². The first-order chi connectivity index (χ1) is 9.02. The van der Waals surface area contributed by atoms with Crippen LogP contribution < -0.4 is 0 Å². The number of halogens is 3. The molecule has 0 unspecified atom stereocenters. The highest BCUT2D eigenvalue weighted by molar-refractivity contribution is 6.11. The molecule has 2 aromatic rings. The fraction of sp³-hybridized carbons (Fsp3) is 0.0833. The van der Waals surface area contributed by atoms with Crippen LogP contribution in [-0.2, 0) is 6.18 Å². The van der Waals surface area contributed by atoms with E-state index in [4.69, 9.17) is 5.21 Å². The Hall–Kier alpha value is -2.44. The predicted molar refractivity (Wildman–Crippen MR) is 60.9 cm³/mol. The van der Waals surface area contributed by atoms with E-state index in [2.05, 4.69) is 15.4 Å². The number of aromatic nitrogens is 2. The van der Waals surface area contributed by atoms with Crippen molar-refractivity contribution in [3.8, 4) is 0 Å². The third-order valence-corrected chi connectivity index (χ3v) is 2.38. The molecule has 1 aromatic carbocycles. The van der Waals surface area contributed by atoms with Crippen molar-refractivity contribution in [2.45, 2.75) is 6.18 Å². The van der Waals surface area contributed by atoms with Crippen LogP contribution in [0.25, 0.3) is 0 Å². The zero-order valence-electron chi connectivity index (χ0n) is 9.46. The van der Waals surface area contributed by atoms with Crippen LogP contribution in [0.15, 0.2) is 47.8 Å². The van der Waals surface area contributed by atoms with E-state index in [-0.39, 0.29) is 17.0 Å². The third kappa shape index (κ3) is 2.87. The Labute approximate surface area is 106 Å². The monoisotopic (exact) mass is 267 g/mol. The fourth-order valence-corrected chi connectivity index (χ4v) is 1.53. The molecule has 1 aromatic heterocycles. The maximum absolute atomic E-state index is 12.6. The van der Waals surface area contributed by atoms with E-state index in [1.165, 1.54) is 24.4 Å². The lowest BCUT2D eigenvalue weighted by atomic mass is 10.0. The minimum absolute atomic E-state index is 0.0702. The van der Waals surface area contributed by atoms with Crippen molar-refractivity contribution in [3.63, 3.8) is 0 Å². The van der Waals surface area contributed by atoms with E-state index in [1.54, 1.807) is 6.07 Å². The van der Waals surface area contributed by atoms with Gasteiger partial charge in [-0.2, -0.15) is 18.3 Å². The van der Waals surface area contributed by atoms with Crippen LogP contribution in [0.1, 0.15) is 16.8 Å². The second kappa shape index (κ2) is 5.05. The molecule has 98 valence electrons. The van der Waals surface area contributed by atoms with Crippen molar-refractivity contribution in [1.82, 2.24) is 10.2 Å². The van der Waals surface area contributed by atoms with Crippen LogP contribution in [0.2, 0.25) is 0 Å². The molecule has 0 amide bonds. The van der Waals surface area contributed by atoms with Gasteiger partial charge < -0.3 is 5.21 Å². The number of nitrogens with zero attached hydrogens (tertiary/aromatic N) is 3.